The second kappa shape index (κ2) is 9.87. The average Bonchev–Trinajstić information content (AvgIpc) is 2.71. The molecular weight excluding hydrogens is 413 g/mol. The molecule has 0 saturated heterocycles. The van der Waals surface area contributed by atoms with Crippen LogP contribution in [-0.4, -0.2) is 12.5 Å². The first-order chi connectivity index (χ1) is 13.6. The largest absolute Gasteiger partial charge is 0.494 e. The summed E-state index contributed by atoms with van der Waals surface area (Å²) in [5.41, 5.74) is 1.97. The molecule has 0 fully saturated rings. The molecule has 3 rings (SSSR count). The van der Waals surface area contributed by atoms with Crippen molar-refractivity contribution in [2.24, 2.45) is 0 Å². The van der Waals surface area contributed by atoms with Crippen molar-refractivity contribution in [3.05, 3.63) is 87.9 Å². The molecule has 0 heterocycles. The Balaban J connectivity index is 1.81. The van der Waals surface area contributed by atoms with E-state index in [1.807, 2.05) is 37.3 Å². The highest BCUT2D eigenvalue weighted by atomic mass is 35.5. The van der Waals surface area contributed by atoms with Crippen molar-refractivity contribution < 1.29 is 9.53 Å². The summed E-state index contributed by atoms with van der Waals surface area (Å²) < 4.78 is 5.73. The zero-order valence-corrected chi connectivity index (χ0v) is 17.6. The van der Waals surface area contributed by atoms with Gasteiger partial charge in [0.2, 0.25) is 0 Å². The molecule has 0 radical (unpaired) electrons. The lowest BCUT2D eigenvalue weighted by atomic mass is 10.1. The van der Waals surface area contributed by atoms with E-state index in [2.05, 4.69) is 17.4 Å². The molecule has 0 aliphatic carbocycles. The van der Waals surface area contributed by atoms with Gasteiger partial charge in [0.15, 0.2) is 0 Å². The first kappa shape index (κ1) is 20.6. The summed E-state index contributed by atoms with van der Waals surface area (Å²) in [5, 5.41) is 3.53. The molecule has 6 heteroatoms. The fourth-order valence-electron chi connectivity index (χ4n) is 2.60. The van der Waals surface area contributed by atoms with Crippen LogP contribution in [0.25, 0.3) is 0 Å². The maximum Gasteiger partial charge on any atom is 0.255 e. The molecule has 3 nitrogen and oxygen atoms in total. The number of anilines is 1. The van der Waals surface area contributed by atoms with Gasteiger partial charge in [-0.25, -0.2) is 0 Å². The maximum atomic E-state index is 12.7. The predicted octanol–water partition coefficient (Wildman–Crippen LogP) is 6.94. The van der Waals surface area contributed by atoms with E-state index in [4.69, 9.17) is 27.9 Å². The number of carbonyl (C=O) groups excluding carboxylic acids is 1. The second-order valence-corrected chi connectivity index (χ2v) is 7.75. The number of benzene rings is 3. The van der Waals surface area contributed by atoms with Crippen LogP contribution in [0.4, 0.5) is 5.69 Å². The fourth-order valence-corrected chi connectivity index (χ4v) is 3.85. The number of ether oxygens (including phenoxy) is 1. The van der Waals surface area contributed by atoms with Crippen molar-refractivity contribution in [2.45, 2.75) is 17.6 Å². The Morgan fingerprint density at radius 2 is 1.82 bits per heavy atom. The fraction of sp³-hybridized carbons (Fsp3) is 0.136. The van der Waals surface area contributed by atoms with E-state index in [0.717, 1.165) is 16.2 Å². The minimum absolute atomic E-state index is 0.252. The van der Waals surface area contributed by atoms with Crippen molar-refractivity contribution in [3.8, 4) is 5.75 Å². The van der Waals surface area contributed by atoms with Crippen molar-refractivity contribution in [1.82, 2.24) is 0 Å². The van der Waals surface area contributed by atoms with Gasteiger partial charge < -0.3 is 10.1 Å². The zero-order chi connectivity index (χ0) is 19.9. The monoisotopic (exact) mass is 431 g/mol. The van der Waals surface area contributed by atoms with Gasteiger partial charge >= 0.3 is 0 Å². The zero-order valence-electron chi connectivity index (χ0n) is 15.2. The van der Waals surface area contributed by atoms with Gasteiger partial charge in [0.1, 0.15) is 5.75 Å². The van der Waals surface area contributed by atoms with Gasteiger partial charge in [-0.2, -0.15) is 0 Å². The molecular formula is C22H19Cl2NO2S. The summed E-state index contributed by atoms with van der Waals surface area (Å²) in [7, 11) is 0. The minimum atomic E-state index is -0.252. The molecule has 3 aromatic carbocycles. The number of halogens is 2. The van der Waals surface area contributed by atoms with E-state index in [1.165, 1.54) is 0 Å². The van der Waals surface area contributed by atoms with Gasteiger partial charge in [-0.1, -0.05) is 47.5 Å². The number of amides is 1. The topological polar surface area (TPSA) is 38.3 Å². The lowest BCUT2D eigenvalue weighted by Crippen LogP contribution is -2.13. The average molecular weight is 432 g/mol. The third-order valence-corrected chi connectivity index (χ3v) is 5.84. The van der Waals surface area contributed by atoms with Gasteiger partial charge in [-0.3, -0.25) is 4.79 Å². The number of thioether (sulfide) groups is 1. The highest BCUT2D eigenvalue weighted by Gasteiger charge is 2.13. The van der Waals surface area contributed by atoms with Crippen LogP contribution in [0.15, 0.2) is 71.6 Å². The van der Waals surface area contributed by atoms with Crippen LogP contribution >= 0.6 is 35.0 Å². The molecule has 0 aliphatic heterocycles. The first-order valence-corrected chi connectivity index (χ1v) is 10.5. The van der Waals surface area contributed by atoms with Crippen LogP contribution in [0.5, 0.6) is 5.75 Å². The smallest absolute Gasteiger partial charge is 0.255 e. The summed E-state index contributed by atoms with van der Waals surface area (Å²) in [6, 6.07) is 20.7. The van der Waals surface area contributed by atoms with Crippen molar-refractivity contribution in [2.75, 3.05) is 11.9 Å². The second-order valence-electron chi connectivity index (χ2n) is 5.91. The van der Waals surface area contributed by atoms with Crippen molar-refractivity contribution in [3.63, 3.8) is 0 Å². The molecule has 0 saturated carbocycles. The summed E-state index contributed by atoms with van der Waals surface area (Å²) in [4.78, 5) is 13.9. The lowest BCUT2D eigenvalue weighted by Gasteiger charge is -2.13. The molecule has 0 aromatic heterocycles. The van der Waals surface area contributed by atoms with Crippen molar-refractivity contribution in [1.29, 1.82) is 0 Å². The van der Waals surface area contributed by atoms with E-state index in [0.29, 0.717) is 33.7 Å². The molecule has 1 N–H and O–H groups in total. The van der Waals surface area contributed by atoms with Crippen LogP contribution in [0.2, 0.25) is 10.0 Å². The van der Waals surface area contributed by atoms with Crippen molar-refractivity contribution >= 4 is 46.6 Å². The Kier molecular flexibility index (Phi) is 7.26. The highest BCUT2D eigenvalue weighted by molar-refractivity contribution is 7.98. The minimum Gasteiger partial charge on any atom is -0.494 e. The Morgan fingerprint density at radius 3 is 2.57 bits per heavy atom. The summed E-state index contributed by atoms with van der Waals surface area (Å²) in [6.45, 7) is 2.50. The Hall–Kier alpha value is -2.14. The molecule has 28 heavy (non-hydrogen) atoms. The Morgan fingerprint density at radius 1 is 1.04 bits per heavy atom. The molecule has 0 atom stereocenters. The van der Waals surface area contributed by atoms with Crippen LogP contribution in [-0.2, 0) is 5.75 Å². The highest BCUT2D eigenvalue weighted by Crippen LogP contribution is 2.31. The van der Waals surface area contributed by atoms with Gasteiger partial charge in [0.05, 0.1) is 22.3 Å². The number of carbonyl (C=O) groups is 1. The maximum absolute atomic E-state index is 12.7. The molecule has 1 amide bonds. The number of nitrogens with one attached hydrogen (secondary N) is 1. The number of hydrogen-bond acceptors (Lipinski definition) is 3. The van der Waals surface area contributed by atoms with E-state index in [-0.39, 0.29) is 5.91 Å². The van der Waals surface area contributed by atoms with E-state index < -0.39 is 0 Å². The van der Waals surface area contributed by atoms with Gasteiger partial charge in [-0.15, -0.1) is 11.8 Å². The van der Waals surface area contributed by atoms with Gasteiger partial charge in [-0.05, 0) is 49.4 Å². The summed E-state index contributed by atoms with van der Waals surface area (Å²) in [6.07, 6.45) is 0. The molecule has 0 aliphatic rings. The van der Waals surface area contributed by atoms with Gasteiger partial charge in [0, 0.05) is 21.8 Å². The van der Waals surface area contributed by atoms with Crippen LogP contribution in [0.3, 0.4) is 0 Å². The van der Waals surface area contributed by atoms with E-state index >= 15 is 0 Å². The third-order valence-electron chi connectivity index (χ3n) is 3.96. The summed E-state index contributed by atoms with van der Waals surface area (Å²) >= 11 is 13.9. The first-order valence-electron chi connectivity index (χ1n) is 8.77. The number of hydrogen-bond donors (Lipinski definition) is 1. The van der Waals surface area contributed by atoms with Gasteiger partial charge in [0.25, 0.3) is 5.91 Å². The quantitative estimate of drug-likeness (QED) is 0.411. The van der Waals surface area contributed by atoms with Crippen LogP contribution in [0.1, 0.15) is 22.8 Å². The van der Waals surface area contributed by atoms with Crippen LogP contribution in [0, 0.1) is 0 Å². The molecule has 0 unspecified atom stereocenters. The van der Waals surface area contributed by atoms with E-state index in [9.17, 15) is 4.79 Å². The molecule has 0 bridgehead atoms. The Bertz CT molecular complexity index is 964. The molecule has 144 valence electrons. The molecule has 3 aromatic rings. The third kappa shape index (κ3) is 5.22. The standard InChI is InChI=1S/C22H19Cl2NO2S/c1-2-27-20-12-11-15(13-16(20)14-28-17-7-4-3-5-8-17)22(26)25-19-10-6-9-18(23)21(19)24/h3-13H,2,14H2,1H3,(H,25,26). The summed E-state index contributed by atoms with van der Waals surface area (Å²) in [5.74, 6) is 1.22. The normalized spacial score (nSPS) is 10.5. The molecule has 0 spiro atoms. The predicted molar refractivity (Wildman–Crippen MR) is 118 cm³/mol. The van der Waals surface area contributed by atoms with Crippen LogP contribution < -0.4 is 10.1 Å². The Labute approximate surface area is 179 Å². The SMILES string of the molecule is CCOc1ccc(C(=O)Nc2cccc(Cl)c2Cl)cc1CSc1ccccc1. The lowest BCUT2D eigenvalue weighted by molar-refractivity contribution is 0.102. The van der Waals surface area contributed by atoms with E-state index in [1.54, 1.807) is 36.0 Å². The number of rotatable bonds is 7.